The highest BCUT2D eigenvalue weighted by Crippen LogP contribution is 2.59. The van der Waals surface area contributed by atoms with Crippen LogP contribution in [0.15, 0.2) is 78.9 Å². The summed E-state index contributed by atoms with van der Waals surface area (Å²) in [6.07, 6.45) is 3.83. The minimum Gasteiger partial charge on any atom is -0.508 e. The first-order valence-corrected chi connectivity index (χ1v) is 11.6. The third kappa shape index (κ3) is 2.82. The molecule has 0 fully saturated rings. The Bertz CT molecular complexity index is 1720. The van der Waals surface area contributed by atoms with E-state index in [4.69, 9.17) is 9.47 Å². The molecule has 0 amide bonds. The quantitative estimate of drug-likeness (QED) is 0.317. The van der Waals surface area contributed by atoms with Crippen LogP contribution in [0.2, 0.25) is 0 Å². The maximum atomic E-state index is 13.2. The average Bonchev–Trinajstić information content (AvgIpc) is 3.42. The summed E-state index contributed by atoms with van der Waals surface area (Å²) in [5, 5.41) is 30.5. The van der Waals surface area contributed by atoms with Crippen LogP contribution in [0.5, 0.6) is 23.0 Å². The molecule has 7 nitrogen and oxygen atoms in total. The molecule has 2 aliphatic heterocycles. The molecule has 0 radical (unpaired) electrons. The fourth-order valence-electron chi connectivity index (χ4n) is 5.77. The van der Waals surface area contributed by atoms with E-state index in [2.05, 4.69) is 0 Å². The number of allylic oxidation sites excluding steroid dienone is 1. The van der Waals surface area contributed by atoms with Gasteiger partial charge in [-0.25, -0.2) is 9.59 Å². The van der Waals surface area contributed by atoms with Crippen LogP contribution in [0, 0.1) is 0 Å². The molecule has 2 unspecified atom stereocenters. The summed E-state index contributed by atoms with van der Waals surface area (Å²) in [5.74, 6) is -1.51. The van der Waals surface area contributed by atoms with Gasteiger partial charge in [-0.05, 0) is 53.1 Å². The topological polar surface area (TPSA) is 113 Å². The van der Waals surface area contributed by atoms with E-state index in [9.17, 15) is 24.9 Å². The summed E-state index contributed by atoms with van der Waals surface area (Å²) in [6.45, 7) is 0. The number of carboxylic acids is 1. The van der Waals surface area contributed by atoms with Crippen LogP contribution in [-0.2, 0) is 10.3 Å². The SMILES string of the molecule is O=C(O)c1ccc2c(c1)C(c1cc(O)cc3c1C1(OC(=O)c4ccccc41)c1ccc(O)cc1O3)C=C2. The molecule has 0 bridgehead atoms. The Kier molecular flexibility index (Phi) is 4.16. The van der Waals surface area contributed by atoms with Gasteiger partial charge in [0.1, 0.15) is 23.0 Å². The first kappa shape index (κ1) is 21.3. The molecular weight excluding hydrogens is 472 g/mol. The predicted molar refractivity (Wildman–Crippen MR) is 132 cm³/mol. The fraction of sp³-hybridized carbons (Fsp3) is 0.0667. The lowest BCUT2D eigenvalue weighted by atomic mass is 9.73. The molecule has 0 saturated carbocycles. The highest BCUT2D eigenvalue weighted by Gasteiger charge is 2.55. The van der Waals surface area contributed by atoms with Crippen molar-refractivity contribution in [1.82, 2.24) is 0 Å². The highest BCUT2D eigenvalue weighted by molar-refractivity contribution is 5.97. The highest BCUT2D eigenvalue weighted by atomic mass is 16.6. The van der Waals surface area contributed by atoms with Gasteiger partial charge in [-0.2, -0.15) is 0 Å². The van der Waals surface area contributed by atoms with E-state index in [-0.39, 0.29) is 22.8 Å². The van der Waals surface area contributed by atoms with Crippen molar-refractivity contribution < 1.29 is 34.4 Å². The number of phenols is 2. The maximum Gasteiger partial charge on any atom is 0.340 e. The van der Waals surface area contributed by atoms with Gasteiger partial charge in [-0.15, -0.1) is 0 Å². The average molecular weight is 490 g/mol. The smallest absolute Gasteiger partial charge is 0.340 e. The van der Waals surface area contributed by atoms with Gasteiger partial charge in [0.15, 0.2) is 5.60 Å². The van der Waals surface area contributed by atoms with Crippen LogP contribution in [0.1, 0.15) is 60.0 Å². The minimum atomic E-state index is -1.41. The van der Waals surface area contributed by atoms with Crippen LogP contribution in [0.4, 0.5) is 0 Å². The molecular formula is C30H18O7. The summed E-state index contributed by atoms with van der Waals surface area (Å²) in [4.78, 5) is 24.9. The molecule has 180 valence electrons. The molecule has 1 aliphatic carbocycles. The number of hydrogen-bond acceptors (Lipinski definition) is 6. The van der Waals surface area contributed by atoms with Gasteiger partial charge in [-0.3, -0.25) is 0 Å². The van der Waals surface area contributed by atoms with Crippen molar-refractivity contribution in [3.8, 4) is 23.0 Å². The van der Waals surface area contributed by atoms with E-state index in [1.807, 2.05) is 24.3 Å². The van der Waals surface area contributed by atoms with Crippen LogP contribution < -0.4 is 4.74 Å². The van der Waals surface area contributed by atoms with Crippen molar-refractivity contribution in [3.63, 3.8) is 0 Å². The lowest BCUT2D eigenvalue weighted by Gasteiger charge is -2.38. The molecule has 3 N–H and O–H groups in total. The number of carbonyl (C=O) groups excluding carboxylic acids is 1. The third-order valence-corrected chi connectivity index (χ3v) is 7.28. The van der Waals surface area contributed by atoms with E-state index in [0.717, 1.165) is 11.1 Å². The standard InChI is InChI=1S/C30H18O7/c31-17-8-10-24-25(13-17)36-26-14-18(32)12-22(19-9-7-15-5-6-16(28(33)34)11-21(15)19)27(26)30(24)23-4-2-1-3-20(23)29(35)37-30/h1-14,19,31-32H,(H,33,34). The first-order valence-electron chi connectivity index (χ1n) is 11.6. The number of phenolic OH excluding ortho intramolecular Hbond substituents is 2. The zero-order chi connectivity index (χ0) is 25.5. The van der Waals surface area contributed by atoms with E-state index in [1.165, 1.54) is 18.2 Å². The summed E-state index contributed by atoms with van der Waals surface area (Å²) < 4.78 is 12.4. The molecule has 1 spiro atoms. The molecule has 4 aromatic carbocycles. The lowest BCUT2D eigenvalue weighted by molar-refractivity contribution is 0.0221. The largest absolute Gasteiger partial charge is 0.508 e. The number of rotatable bonds is 2. The number of carboxylic acid groups (broad SMARTS) is 1. The predicted octanol–water partition coefficient (Wildman–Crippen LogP) is 5.52. The van der Waals surface area contributed by atoms with Gasteiger partial charge in [0, 0.05) is 29.2 Å². The monoisotopic (exact) mass is 490 g/mol. The Hall–Kier alpha value is -5.04. The zero-order valence-corrected chi connectivity index (χ0v) is 19.1. The number of esters is 1. The molecule has 0 aromatic heterocycles. The normalized spacial score (nSPS) is 20.0. The Labute approximate surface area is 210 Å². The molecule has 37 heavy (non-hydrogen) atoms. The van der Waals surface area contributed by atoms with E-state index in [1.54, 1.807) is 42.5 Å². The second-order valence-electron chi connectivity index (χ2n) is 9.29. The Morgan fingerprint density at radius 1 is 0.838 bits per heavy atom. The second kappa shape index (κ2) is 7.24. The summed E-state index contributed by atoms with van der Waals surface area (Å²) >= 11 is 0. The van der Waals surface area contributed by atoms with Crippen LogP contribution in [0.3, 0.4) is 0 Å². The maximum absolute atomic E-state index is 13.2. The Morgan fingerprint density at radius 2 is 1.65 bits per heavy atom. The van der Waals surface area contributed by atoms with Gasteiger partial charge in [0.05, 0.1) is 16.7 Å². The van der Waals surface area contributed by atoms with Crippen LogP contribution in [-0.4, -0.2) is 27.3 Å². The van der Waals surface area contributed by atoms with E-state index >= 15 is 0 Å². The van der Waals surface area contributed by atoms with E-state index in [0.29, 0.717) is 33.6 Å². The number of fused-ring (bicyclic) bond motifs is 7. The van der Waals surface area contributed by atoms with Crippen LogP contribution in [0.25, 0.3) is 6.08 Å². The number of ether oxygens (including phenoxy) is 2. The molecule has 3 aliphatic rings. The molecule has 7 rings (SSSR count). The van der Waals surface area contributed by atoms with Crippen molar-refractivity contribution >= 4 is 18.0 Å². The fourth-order valence-corrected chi connectivity index (χ4v) is 5.77. The minimum absolute atomic E-state index is 0.0239. The van der Waals surface area contributed by atoms with E-state index < -0.39 is 23.5 Å². The number of aromatic carboxylic acids is 1. The second-order valence-corrected chi connectivity index (χ2v) is 9.29. The Balaban J connectivity index is 1.56. The van der Waals surface area contributed by atoms with Gasteiger partial charge < -0.3 is 24.8 Å². The zero-order valence-electron chi connectivity index (χ0n) is 19.1. The number of aromatic hydroxyl groups is 2. The molecule has 4 aromatic rings. The van der Waals surface area contributed by atoms with Crippen molar-refractivity contribution in [1.29, 1.82) is 0 Å². The van der Waals surface area contributed by atoms with Gasteiger partial charge >= 0.3 is 11.9 Å². The molecule has 2 atom stereocenters. The molecule has 7 heteroatoms. The van der Waals surface area contributed by atoms with Gasteiger partial charge in [-0.1, -0.05) is 36.4 Å². The summed E-state index contributed by atoms with van der Waals surface area (Å²) in [6, 6.07) is 19.7. The van der Waals surface area contributed by atoms with Crippen molar-refractivity contribution in [2.75, 3.05) is 0 Å². The molecule has 0 saturated heterocycles. The Morgan fingerprint density at radius 3 is 2.49 bits per heavy atom. The number of carbonyl (C=O) groups is 2. The summed E-state index contributed by atoms with van der Waals surface area (Å²) in [7, 11) is 0. The first-order chi connectivity index (χ1) is 17.9. The van der Waals surface area contributed by atoms with Gasteiger partial charge in [0.2, 0.25) is 0 Å². The number of benzene rings is 4. The van der Waals surface area contributed by atoms with Crippen molar-refractivity contribution in [2.24, 2.45) is 0 Å². The summed E-state index contributed by atoms with van der Waals surface area (Å²) in [5.41, 5.74) is 3.03. The molecule has 2 heterocycles. The third-order valence-electron chi connectivity index (χ3n) is 7.28. The van der Waals surface area contributed by atoms with Gasteiger partial charge in [0.25, 0.3) is 0 Å². The lowest BCUT2D eigenvalue weighted by Crippen LogP contribution is -2.34. The van der Waals surface area contributed by atoms with Crippen LogP contribution >= 0.6 is 0 Å². The number of hydrogen-bond donors (Lipinski definition) is 3. The van der Waals surface area contributed by atoms with Crippen molar-refractivity contribution in [2.45, 2.75) is 11.5 Å². The van der Waals surface area contributed by atoms with Crippen molar-refractivity contribution in [3.05, 3.63) is 123 Å².